The van der Waals surface area contributed by atoms with Gasteiger partial charge in [-0.3, -0.25) is 19.3 Å². The van der Waals surface area contributed by atoms with Crippen molar-refractivity contribution in [2.45, 2.75) is 57.4 Å². The number of primary amides is 1. The summed E-state index contributed by atoms with van der Waals surface area (Å²) in [4.78, 5) is 46.0. The lowest BCUT2D eigenvalue weighted by Crippen LogP contribution is -2.47. The van der Waals surface area contributed by atoms with Gasteiger partial charge >= 0.3 is 0 Å². The van der Waals surface area contributed by atoms with Gasteiger partial charge in [-0.1, -0.05) is 27.7 Å². The van der Waals surface area contributed by atoms with Gasteiger partial charge in [0.25, 0.3) is 0 Å². The smallest absolute Gasteiger partial charge is 0.249 e. The van der Waals surface area contributed by atoms with Crippen LogP contribution in [0, 0.1) is 5.41 Å². The molecule has 0 saturated carbocycles. The maximum absolute atomic E-state index is 14.3. The molecule has 36 heavy (non-hydrogen) atoms. The van der Waals surface area contributed by atoms with Crippen molar-refractivity contribution in [3.8, 4) is 0 Å². The predicted molar refractivity (Wildman–Crippen MR) is 144 cm³/mol. The lowest BCUT2D eigenvalue weighted by atomic mass is 9.73. The first-order valence-electron chi connectivity index (χ1n) is 13.0. The average molecular weight is 517 g/mol. The third-order valence-corrected chi connectivity index (χ3v) is 8.75. The fourth-order valence-electron chi connectivity index (χ4n) is 5.94. The molecule has 3 heterocycles. The third-order valence-electron chi connectivity index (χ3n) is 7.73. The Morgan fingerprint density at radius 1 is 1.19 bits per heavy atom. The number of fused-ring (bicyclic) bond motifs is 1. The number of Topliss-reactive ketones (excluding diaryl/α,β-unsaturated/α-hetero) is 1. The summed E-state index contributed by atoms with van der Waals surface area (Å²) in [7, 11) is 0. The second kappa shape index (κ2) is 10.7. The van der Waals surface area contributed by atoms with Crippen molar-refractivity contribution in [2.75, 3.05) is 57.0 Å². The molecule has 9 heteroatoms. The molecule has 0 aliphatic carbocycles. The van der Waals surface area contributed by atoms with Crippen LogP contribution >= 0.6 is 11.8 Å². The van der Waals surface area contributed by atoms with Gasteiger partial charge in [0.2, 0.25) is 11.8 Å². The second-order valence-corrected chi connectivity index (χ2v) is 12.3. The van der Waals surface area contributed by atoms with E-state index in [-0.39, 0.29) is 29.7 Å². The van der Waals surface area contributed by atoms with Crippen LogP contribution in [0.5, 0.6) is 0 Å². The Morgan fingerprint density at radius 3 is 2.47 bits per heavy atom. The Hall–Kier alpha value is -2.10. The minimum Gasteiger partial charge on any atom is -0.369 e. The summed E-state index contributed by atoms with van der Waals surface area (Å²) in [5, 5.41) is 0.0485. The summed E-state index contributed by atoms with van der Waals surface area (Å²) >= 11 is 1.62. The number of amides is 2. The molecule has 2 N–H and O–H groups in total. The molecule has 0 radical (unpaired) electrons. The Balaban J connectivity index is 1.70. The molecule has 0 aromatic heterocycles. The third kappa shape index (κ3) is 5.15. The van der Waals surface area contributed by atoms with Crippen molar-refractivity contribution in [3.63, 3.8) is 0 Å². The number of thioether (sulfide) groups is 1. The van der Waals surface area contributed by atoms with Crippen LogP contribution in [0.4, 0.5) is 5.69 Å². The van der Waals surface area contributed by atoms with Crippen LogP contribution in [-0.4, -0.2) is 96.9 Å². The molecule has 0 spiro atoms. The van der Waals surface area contributed by atoms with Gasteiger partial charge in [0.1, 0.15) is 12.6 Å². The van der Waals surface area contributed by atoms with Crippen LogP contribution in [0.25, 0.3) is 0 Å². The topological polar surface area (TPSA) is 96.2 Å². The quantitative estimate of drug-likeness (QED) is 0.594. The molecule has 4 atom stereocenters. The predicted octanol–water partition coefficient (Wildman–Crippen LogP) is 2.36. The van der Waals surface area contributed by atoms with Crippen LogP contribution in [0.2, 0.25) is 0 Å². The van der Waals surface area contributed by atoms with E-state index < -0.39 is 23.3 Å². The van der Waals surface area contributed by atoms with Crippen molar-refractivity contribution in [1.82, 2.24) is 9.80 Å². The maximum Gasteiger partial charge on any atom is 0.249 e. The highest BCUT2D eigenvalue weighted by Gasteiger charge is 2.54. The second-order valence-electron chi connectivity index (χ2n) is 11.2. The van der Waals surface area contributed by atoms with Crippen LogP contribution in [0.1, 0.15) is 56.0 Å². The van der Waals surface area contributed by atoms with E-state index in [1.54, 1.807) is 22.7 Å². The number of anilines is 1. The highest BCUT2D eigenvalue weighted by Crippen LogP contribution is 2.43. The van der Waals surface area contributed by atoms with Crippen LogP contribution in [-0.2, 0) is 14.3 Å². The summed E-state index contributed by atoms with van der Waals surface area (Å²) in [5.74, 6) is -1.37. The molecule has 4 rings (SSSR count). The summed E-state index contributed by atoms with van der Waals surface area (Å²) in [6, 6.07) is 5.12. The summed E-state index contributed by atoms with van der Waals surface area (Å²) in [5.41, 5.74) is 7.32. The summed E-state index contributed by atoms with van der Waals surface area (Å²) in [6.07, 6.45) is 2.84. The van der Waals surface area contributed by atoms with E-state index in [2.05, 4.69) is 16.7 Å². The van der Waals surface area contributed by atoms with Crippen LogP contribution in [0.3, 0.4) is 0 Å². The molecule has 1 aromatic rings. The number of rotatable bonds is 7. The van der Waals surface area contributed by atoms with Crippen molar-refractivity contribution >= 4 is 35.0 Å². The van der Waals surface area contributed by atoms with Crippen molar-refractivity contribution in [1.29, 1.82) is 0 Å². The fraction of sp³-hybridized carbons (Fsp3) is 0.667. The number of carbonyl (C=O) groups is 3. The van der Waals surface area contributed by atoms with Gasteiger partial charge < -0.3 is 20.3 Å². The number of nitrogens with two attached hydrogens (primary N) is 1. The molecular formula is C27H40N4O4S. The number of hydrogen-bond acceptors (Lipinski definition) is 7. The van der Waals surface area contributed by atoms with Gasteiger partial charge in [0, 0.05) is 44.0 Å². The number of benzene rings is 1. The first kappa shape index (κ1) is 26.9. The van der Waals surface area contributed by atoms with Crippen LogP contribution < -0.4 is 10.6 Å². The Bertz CT molecular complexity index is 1000. The van der Waals surface area contributed by atoms with E-state index >= 15 is 0 Å². The zero-order chi connectivity index (χ0) is 26.2. The van der Waals surface area contributed by atoms with E-state index in [0.717, 1.165) is 44.8 Å². The van der Waals surface area contributed by atoms with Crippen LogP contribution in [0.15, 0.2) is 18.2 Å². The molecule has 3 aliphatic rings. The lowest BCUT2D eigenvalue weighted by molar-refractivity contribution is -0.139. The highest BCUT2D eigenvalue weighted by molar-refractivity contribution is 7.99. The molecule has 1 aromatic carbocycles. The number of nitrogens with zero attached hydrogens (tertiary/aromatic N) is 3. The van der Waals surface area contributed by atoms with Gasteiger partial charge in [0.15, 0.2) is 5.78 Å². The molecule has 3 aliphatic heterocycles. The number of piperazine rings is 1. The molecule has 8 nitrogen and oxygen atoms in total. The first-order valence-corrected chi connectivity index (χ1v) is 14.2. The van der Waals surface area contributed by atoms with Gasteiger partial charge in [-0.15, -0.1) is 0 Å². The minimum absolute atomic E-state index is 0.0440. The molecule has 0 bridgehead atoms. The Labute approximate surface area is 218 Å². The molecule has 0 unspecified atom stereocenters. The highest BCUT2D eigenvalue weighted by atomic mass is 32.2. The van der Waals surface area contributed by atoms with Gasteiger partial charge in [0.05, 0.1) is 17.3 Å². The van der Waals surface area contributed by atoms with E-state index in [1.165, 1.54) is 0 Å². The number of hydrogen-bond donors (Lipinski definition) is 1. The molecule has 3 saturated heterocycles. The SMILES string of the molecule is CCCN1CCN(c2ccc(C(N)=O)c([C@@H](C(=O)N3C[C@H](SC)[C@H]4OCC(=O)[C@H]43)C(C)(C)C)c2)CC1. The van der Waals surface area contributed by atoms with Crippen molar-refractivity contribution in [3.05, 3.63) is 29.3 Å². The largest absolute Gasteiger partial charge is 0.369 e. The number of carbonyl (C=O) groups excluding carboxylic acids is 3. The zero-order valence-corrected chi connectivity index (χ0v) is 23.0. The molecule has 198 valence electrons. The van der Waals surface area contributed by atoms with E-state index in [0.29, 0.717) is 17.7 Å². The zero-order valence-electron chi connectivity index (χ0n) is 22.2. The number of ether oxygens (including phenoxy) is 1. The van der Waals surface area contributed by atoms with Gasteiger partial charge in [-0.2, -0.15) is 11.8 Å². The average Bonchev–Trinajstić information content (AvgIpc) is 3.39. The molecule has 2 amide bonds. The minimum atomic E-state index is -0.629. The van der Waals surface area contributed by atoms with Gasteiger partial charge in [-0.05, 0) is 48.4 Å². The normalized spacial score (nSPS) is 25.8. The fourth-order valence-corrected chi connectivity index (χ4v) is 6.74. The maximum atomic E-state index is 14.3. The molecular weight excluding hydrogens is 476 g/mol. The number of ketones is 1. The summed E-state index contributed by atoms with van der Waals surface area (Å²) in [6.45, 7) is 13.5. The summed E-state index contributed by atoms with van der Waals surface area (Å²) < 4.78 is 5.78. The standard InChI is InChI=1S/C27H40N4O4S/c1-6-9-29-10-12-30(13-11-29)17-7-8-18(25(28)33)19(14-17)22(27(2,3)4)26(34)31-15-21(36-5)24-23(31)20(32)16-35-24/h7-8,14,21-24H,6,9-13,15-16H2,1-5H3,(H2,28,33)/t21-,22-,23+,24+/m0/s1. The van der Waals surface area contributed by atoms with E-state index in [1.807, 2.05) is 39.2 Å². The Morgan fingerprint density at radius 2 is 1.89 bits per heavy atom. The Kier molecular flexibility index (Phi) is 8.02. The van der Waals surface area contributed by atoms with Gasteiger partial charge in [-0.25, -0.2) is 0 Å². The van der Waals surface area contributed by atoms with Crippen molar-refractivity contribution < 1.29 is 19.1 Å². The van der Waals surface area contributed by atoms with E-state index in [9.17, 15) is 14.4 Å². The first-order chi connectivity index (χ1) is 17.1. The van der Waals surface area contributed by atoms with Crippen molar-refractivity contribution in [2.24, 2.45) is 11.1 Å². The monoisotopic (exact) mass is 516 g/mol. The lowest BCUT2D eigenvalue weighted by Gasteiger charge is -2.38. The van der Waals surface area contributed by atoms with E-state index in [4.69, 9.17) is 10.5 Å². The number of likely N-dealkylation sites (tertiary alicyclic amines) is 1. The molecule has 3 fully saturated rings.